The van der Waals surface area contributed by atoms with Crippen molar-refractivity contribution in [3.63, 3.8) is 0 Å². The van der Waals surface area contributed by atoms with Crippen LogP contribution in [0.1, 0.15) is 35.1 Å². The van der Waals surface area contributed by atoms with Crippen LogP contribution in [0.3, 0.4) is 0 Å². The number of nitrogens with zero attached hydrogens (tertiary/aromatic N) is 2. The number of carbonyl (C=O) groups is 1. The van der Waals surface area contributed by atoms with Crippen LogP contribution >= 0.6 is 0 Å². The zero-order valence-electron chi connectivity index (χ0n) is 16.3. The number of halogens is 3. The van der Waals surface area contributed by atoms with Gasteiger partial charge in [0.1, 0.15) is 11.4 Å². The van der Waals surface area contributed by atoms with Gasteiger partial charge in [-0.3, -0.25) is 4.68 Å². The topological polar surface area (TPSA) is 93.1 Å². The molecule has 12 heteroatoms. The summed E-state index contributed by atoms with van der Waals surface area (Å²) in [5, 5.41) is 6.08. The molecule has 30 heavy (non-hydrogen) atoms. The van der Waals surface area contributed by atoms with Crippen LogP contribution in [0, 0.1) is 0 Å². The van der Waals surface area contributed by atoms with Crippen molar-refractivity contribution in [3.8, 4) is 0 Å². The van der Waals surface area contributed by atoms with Crippen LogP contribution in [0.4, 0.5) is 23.7 Å². The Kier molecular flexibility index (Phi) is 6.57. The van der Waals surface area contributed by atoms with Crippen LogP contribution < -0.4 is 10.0 Å². The van der Waals surface area contributed by atoms with E-state index in [4.69, 9.17) is 0 Å². The predicted molar refractivity (Wildman–Crippen MR) is 104 cm³/mol. The molecule has 1 aromatic carbocycles. The minimum atomic E-state index is -4.54. The summed E-state index contributed by atoms with van der Waals surface area (Å²) in [6, 6.07) is 1.24. The van der Waals surface area contributed by atoms with Crippen molar-refractivity contribution < 1.29 is 26.4 Å². The summed E-state index contributed by atoms with van der Waals surface area (Å²) in [5.74, 6) is 0. The number of rotatable bonds is 4. The van der Waals surface area contributed by atoms with Gasteiger partial charge in [-0.15, -0.1) is 0 Å². The number of hydrogen-bond acceptors (Lipinski definition) is 4. The van der Waals surface area contributed by atoms with Crippen molar-refractivity contribution in [1.29, 1.82) is 0 Å². The van der Waals surface area contributed by atoms with Gasteiger partial charge in [-0.1, -0.05) is 6.07 Å². The summed E-state index contributed by atoms with van der Waals surface area (Å²) in [4.78, 5) is 11.9. The van der Waals surface area contributed by atoms with E-state index in [1.165, 1.54) is 11.1 Å². The zero-order chi connectivity index (χ0) is 20.8. The van der Waals surface area contributed by atoms with Gasteiger partial charge in [0.2, 0.25) is 0 Å². The van der Waals surface area contributed by atoms with Crippen LogP contribution in [-0.2, 0) is 42.3 Å². The van der Waals surface area contributed by atoms with E-state index in [0.717, 1.165) is 62.0 Å². The summed E-state index contributed by atoms with van der Waals surface area (Å²) in [5.41, 5.74) is 5.11. The number of hydrogen-bond donors (Lipinski definition) is 2. The second-order valence-electron chi connectivity index (χ2n) is 7.28. The van der Waals surface area contributed by atoms with Crippen molar-refractivity contribution >= 4 is 51.3 Å². The minimum absolute atomic E-state index is 0. The fourth-order valence-corrected chi connectivity index (χ4v) is 4.90. The molecule has 4 rings (SSSR count). The van der Waals surface area contributed by atoms with Gasteiger partial charge in [-0.05, 0) is 60.8 Å². The molecule has 2 amide bonds. The predicted octanol–water partition coefficient (Wildman–Crippen LogP) is 2.55. The maximum absolute atomic E-state index is 12.4. The third-order valence-corrected chi connectivity index (χ3v) is 6.49. The van der Waals surface area contributed by atoms with E-state index in [2.05, 4.69) is 16.5 Å². The number of urea groups is 1. The van der Waals surface area contributed by atoms with E-state index in [0.29, 0.717) is 10.4 Å². The average Bonchev–Trinajstić information content (AvgIpc) is 3.31. The van der Waals surface area contributed by atoms with Crippen molar-refractivity contribution in [1.82, 2.24) is 14.5 Å². The first-order chi connectivity index (χ1) is 13.6. The molecule has 0 saturated heterocycles. The largest absolute Gasteiger partial charge is 0.408 e. The van der Waals surface area contributed by atoms with E-state index in [-0.39, 0.29) is 29.6 Å². The Balaban J connectivity index is 0.00000256. The van der Waals surface area contributed by atoms with Crippen LogP contribution in [0.15, 0.2) is 23.4 Å². The third-order valence-electron chi connectivity index (χ3n) is 5.20. The number of aromatic nitrogens is 2. The maximum Gasteiger partial charge on any atom is 0.408 e. The summed E-state index contributed by atoms with van der Waals surface area (Å²) >= 11 is 0. The SMILES string of the molecule is O=C(Nc1c2c(cc3c1CCC3)CCC2)NS(=O)(=O)c1cnn(CC(F)(F)F)c1.[Na]. The number of carbonyl (C=O) groups excluding carboxylic acids is 1. The molecule has 0 saturated carbocycles. The second-order valence-corrected chi connectivity index (χ2v) is 8.96. The first-order valence-corrected chi connectivity index (χ1v) is 10.7. The molecular weight excluding hydrogens is 432 g/mol. The molecule has 1 heterocycles. The normalized spacial score (nSPS) is 15.3. The molecule has 0 unspecified atom stereocenters. The van der Waals surface area contributed by atoms with Crippen LogP contribution in [0.5, 0.6) is 0 Å². The monoisotopic (exact) mass is 451 g/mol. The number of nitrogens with one attached hydrogen (secondary N) is 2. The van der Waals surface area contributed by atoms with Gasteiger partial charge in [0.25, 0.3) is 10.0 Å². The van der Waals surface area contributed by atoms with Gasteiger partial charge in [0, 0.05) is 41.4 Å². The van der Waals surface area contributed by atoms with Gasteiger partial charge in [0.15, 0.2) is 0 Å². The van der Waals surface area contributed by atoms with Crippen molar-refractivity contribution in [2.45, 2.75) is 56.1 Å². The zero-order valence-corrected chi connectivity index (χ0v) is 19.2. The van der Waals surface area contributed by atoms with Crippen molar-refractivity contribution in [2.75, 3.05) is 5.32 Å². The Morgan fingerprint density at radius 1 is 1.10 bits per heavy atom. The number of benzene rings is 1. The molecule has 7 nitrogen and oxygen atoms in total. The first-order valence-electron chi connectivity index (χ1n) is 9.22. The molecule has 2 N–H and O–H groups in total. The van der Waals surface area contributed by atoms with E-state index >= 15 is 0 Å². The second kappa shape index (κ2) is 8.52. The average molecular weight is 451 g/mol. The summed E-state index contributed by atoms with van der Waals surface area (Å²) in [7, 11) is -4.36. The van der Waals surface area contributed by atoms with E-state index < -0.39 is 33.7 Å². The van der Waals surface area contributed by atoms with E-state index in [1.54, 1.807) is 0 Å². The molecule has 2 aliphatic carbocycles. The van der Waals surface area contributed by atoms with Crippen LogP contribution in [-0.4, -0.2) is 60.0 Å². The molecule has 2 aromatic rings. The molecule has 0 fully saturated rings. The number of sulfonamides is 1. The standard InChI is InChI=1S/C18H19F3N4O3S.Na/c19-18(20,21)10-25-9-13(8-22-25)29(27,28)24-17(26)23-16-14-5-1-3-11(14)7-12-4-2-6-15(12)16;/h7-9H,1-6,10H2,(H2,23,24,26);. The van der Waals surface area contributed by atoms with E-state index in [1.807, 2.05) is 4.72 Å². The van der Waals surface area contributed by atoms with Crippen molar-refractivity contribution in [2.24, 2.45) is 0 Å². The molecule has 0 aliphatic heterocycles. The Morgan fingerprint density at radius 2 is 1.70 bits per heavy atom. The number of anilines is 1. The molecule has 157 valence electrons. The molecule has 0 spiro atoms. The summed E-state index contributed by atoms with van der Waals surface area (Å²) < 4.78 is 64.4. The summed E-state index contributed by atoms with van der Waals surface area (Å²) in [6.45, 7) is -1.42. The van der Waals surface area contributed by atoms with Gasteiger partial charge in [-0.25, -0.2) is 17.9 Å². The fourth-order valence-electron chi connectivity index (χ4n) is 4.04. The Bertz CT molecular complexity index is 1050. The number of alkyl halides is 3. The van der Waals surface area contributed by atoms with Gasteiger partial charge < -0.3 is 5.32 Å². The molecular formula is C18H19F3N4NaO3S. The molecule has 0 atom stereocenters. The number of fused-ring (bicyclic) bond motifs is 2. The number of amides is 2. The Morgan fingerprint density at radius 3 is 2.27 bits per heavy atom. The Hall–Kier alpha value is -1.56. The fraction of sp³-hybridized carbons (Fsp3) is 0.444. The van der Waals surface area contributed by atoms with Gasteiger partial charge in [0.05, 0.1) is 6.20 Å². The van der Waals surface area contributed by atoms with Gasteiger partial charge >= 0.3 is 12.2 Å². The third kappa shape index (κ3) is 4.84. The van der Waals surface area contributed by atoms with Crippen LogP contribution in [0.25, 0.3) is 0 Å². The summed E-state index contributed by atoms with van der Waals surface area (Å²) in [6.07, 6.45) is 2.41. The molecule has 2 aliphatic rings. The first kappa shape index (κ1) is 23.1. The van der Waals surface area contributed by atoms with Crippen LogP contribution in [0.2, 0.25) is 0 Å². The quantitative estimate of drug-likeness (QED) is 0.699. The van der Waals surface area contributed by atoms with Gasteiger partial charge in [-0.2, -0.15) is 18.3 Å². The molecule has 0 bridgehead atoms. The Labute approximate surface area is 193 Å². The van der Waals surface area contributed by atoms with Crippen molar-refractivity contribution in [3.05, 3.63) is 40.7 Å². The van der Waals surface area contributed by atoms with E-state index in [9.17, 15) is 26.4 Å². The smallest absolute Gasteiger partial charge is 0.307 e. The molecule has 1 radical (unpaired) electrons. The molecule has 1 aromatic heterocycles. The number of aryl methyl sites for hydroxylation is 2. The minimum Gasteiger partial charge on any atom is -0.307 e. The maximum atomic E-state index is 12.4.